The van der Waals surface area contributed by atoms with Crippen molar-refractivity contribution in [2.75, 3.05) is 69.5 Å². The first-order chi connectivity index (χ1) is 18.5. The number of fused-ring (bicyclic) bond motifs is 1. The SMILES string of the molecule is CNC(=O)c1cccc(-c2ccc3c(N4CCOC[C@@H]4C)nc(N4CCOC5(CCOCC5)C4)nc3n2)c1. The van der Waals surface area contributed by atoms with Crippen molar-refractivity contribution in [3.63, 3.8) is 0 Å². The highest BCUT2D eigenvalue weighted by atomic mass is 16.5. The maximum atomic E-state index is 12.2. The molecule has 200 valence electrons. The number of pyridine rings is 1. The first kappa shape index (κ1) is 25.0. The number of nitrogens with one attached hydrogen (secondary N) is 1. The normalized spacial score (nSPS) is 21.6. The van der Waals surface area contributed by atoms with E-state index in [0.717, 1.165) is 54.9 Å². The number of rotatable bonds is 4. The Balaban J connectivity index is 1.43. The summed E-state index contributed by atoms with van der Waals surface area (Å²) >= 11 is 0. The van der Waals surface area contributed by atoms with Crippen molar-refractivity contribution in [1.82, 2.24) is 20.3 Å². The lowest BCUT2D eigenvalue weighted by atomic mass is 9.92. The van der Waals surface area contributed by atoms with Crippen molar-refractivity contribution in [2.24, 2.45) is 0 Å². The third kappa shape index (κ3) is 4.79. The molecule has 0 aliphatic carbocycles. The molecule has 2 aromatic heterocycles. The minimum absolute atomic E-state index is 0.129. The van der Waals surface area contributed by atoms with E-state index in [9.17, 15) is 4.79 Å². The summed E-state index contributed by atoms with van der Waals surface area (Å²) in [5.41, 5.74) is 2.63. The molecule has 5 heterocycles. The molecule has 1 N–H and O–H groups in total. The molecule has 38 heavy (non-hydrogen) atoms. The van der Waals surface area contributed by atoms with E-state index in [1.165, 1.54) is 0 Å². The quantitative estimate of drug-likeness (QED) is 0.558. The predicted octanol–water partition coefficient (Wildman–Crippen LogP) is 2.66. The number of morpholine rings is 2. The van der Waals surface area contributed by atoms with Crippen molar-refractivity contribution in [2.45, 2.75) is 31.4 Å². The molecule has 1 aromatic carbocycles. The fraction of sp³-hybridized carbons (Fsp3) is 0.500. The maximum absolute atomic E-state index is 12.2. The van der Waals surface area contributed by atoms with E-state index in [4.69, 9.17) is 29.2 Å². The molecule has 3 aliphatic rings. The van der Waals surface area contributed by atoms with Gasteiger partial charge in [-0.05, 0) is 31.2 Å². The molecule has 3 fully saturated rings. The third-order valence-corrected chi connectivity index (χ3v) is 7.75. The number of hydrogen-bond donors (Lipinski definition) is 1. The number of amides is 1. The Morgan fingerprint density at radius 3 is 2.71 bits per heavy atom. The van der Waals surface area contributed by atoms with Gasteiger partial charge in [-0.15, -0.1) is 0 Å². The van der Waals surface area contributed by atoms with Gasteiger partial charge in [-0.2, -0.15) is 9.97 Å². The second-order valence-electron chi connectivity index (χ2n) is 10.3. The van der Waals surface area contributed by atoms with Crippen LogP contribution in [-0.2, 0) is 14.2 Å². The van der Waals surface area contributed by atoms with Crippen molar-refractivity contribution in [1.29, 1.82) is 0 Å². The number of ether oxygens (including phenoxy) is 3. The van der Waals surface area contributed by atoms with Crippen LogP contribution in [0.5, 0.6) is 0 Å². The van der Waals surface area contributed by atoms with Crippen LogP contribution >= 0.6 is 0 Å². The summed E-state index contributed by atoms with van der Waals surface area (Å²) in [5.74, 6) is 1.42. The fourth-order valence-electron chi connectivity index (χ4n) is 5.57. The van der Waals surface area contributed by atoms with Gasteiger partial charge in [0, 0.05) is 57.3 Å². The summed E-state index contributed by atoms with van der Waals surface area (Å²) in [6.07, 6.45) is 1.74. The van der Waals surface area contributed by atoms with Gasteiger partial charge in [0.2, 0.25) is 5.95 Å². The van der Waals surface area contributed by atoms with E-state index in [2.05, 4.69) is 22.0 Å². The standard InChI is InChI=1S/C28H34N6O4/c1-19-17-37-14-11-34(19)25-22-6-7-23(20-4-3-5-21(16-20)26(35)29-2)30-24(22)31-27(32-25)33-10-15-38-28(18-33)8-12-36-13-9-28/h3-7,16,19H,8-15,17-18H2,1-2H3,(H,29,35)/t19-/m0/s1. The molecule has 6 rings (SSSR count). The molecule has 10 heteroatoms. The van der Waals surface area contributed by atoms with Crippen LogP contribution in [0.1, 0.15) is 30.1 Å². The Morgan fingerprint density at radius 2 is 1.89 bits per heavy atom. The fourth-order valence-corrected chi connectivity index (χ4v) is 5.57. The summed E-state index contributed by atoms with van der Waals surface area (Å²) in [4.78, 5) is 31.9. The second kappa shape index (κ2) is 10.4. The Morgan fingerprint density at radius 1 is 1.03 bits per heavy atom. The number of benzene rings is 1. The van der Waals surface area contributed by atoms with Crippen LogP contribution in [0.2, 0.25) is 0 Å². The van der Waals surface area contributed by atoms with Crippen LogP contribution in [0.25, 0.3) is 22.3 Å². The van der Waals surface area contributed by atoms with Crippen molar-refractivity contribution in [3.05, 3.63) is 42.0 Å². The zero-order valence-corrected chi connectivity index (χ0v) is 22.0. The monoisotopic (exact) mass is 518 g/mol. The molecule has 1 spiro atoms. The number of anilines is 2. The molecule has 10 nitrogen and oxygen atoms in total. The lowest BCUT2D eigenvalue weighted by Gasteiger charge is -2.45. The second-order valence-corrected chi connectivity index (χ2v) is 10.3. The first-order valence-corrected chi connectivity index (χ1v) is 13.4. The van der Waals surface area contributed by atoms with E-state index < -0.39 is 0 Å². The van der Waals surface area contributed by atoms with Gasteiger partial charge in [0.05, 0.1) is 49.1 Å². The number of hydrogen-bond acceptors (Lipinski definition) is 9. The van der Waals surface area contributed by atoms with Gasteiger partial charge in [-0.3, -0.25) is 4.79 Å². The molecule has 0 unspecified atom stereocenters. The van der Waals surface area contributed by atoms with Gasteiger partial charge >= 0.3 is 0 Å². The summed E-state index contributed by atoms with van der Waals surface area (Å²) in [5, 5.41) is 3.59. The zero-order chi connectivity index (χ0) is 26.1. The zero-order valence-electron chi connectivity index (χ0n) is 22.0. The summed E-state index contributed by atoms with van der Waals surface area (Å²) < 4.78 is 17.6. The Hall–Kier alpha value is -3.34. The number of aromatic nitrogens is 3. The van der Waals surface area contributed by atoms with Crippen molar-refractivity contribution in [3.8, 4) is 11.3 Å². The van der Waals surface area contributed by atoms with E-state index in [1.54, 1.807) is 13.1 Å². The van der Waals surface area contributed by atoms with E-state index in [0.29, 0.717) is 50.2 Å². The maximum Gasteiger partial charge on any atom is 0.251 e. The summed E-state index contributed by atoms with van der Waals surface area (Å²) in [6.45, 7) is 7.73. The van der Waals surface area contributed by atoms with Gasteiger partial charge in [0.1, 0.15) is 5.82 Å². The van der Waals surface area contributed by atoms with Gasteiger partial charge in [0.25, 0.3) is 5.91 Å². The van der Waals surface area contributed by atoms with Crippen molar-refractivity contribution < 1.29 is 19.0 Å². The third-order valence-electron chi connectivity index (χ3n) is 7.75. The first-order valence-electron chi connectivity index (χ1n) is 13.4. The van der Waals surface area contributed by atoms with Crippen LogP contribution < -0.4 is 15.1 Å². The number of nitrogens with zero attached hydrogens (tertiary/aromatic N) is 5. The van der Waals surface area contributed by atoms with Crippen LogP contribution in [0.15, 0.2) is 36.4 Å². The highest BCUT2D eigenvalue weighted by Crippen LogP contribution is 2.34. The molecule has 0 bridgehead atoms. The Bertz CT molecular complexity index is 1320. The minimum Gasteiger partial charge on any atom is -0.381 e. The molecule has 1 amide bonds. The van der Waals surface area contributed by atoms with E-state index in [-0.39, 0.29) is 17.6 Å². The Kier molecular flexibility index (Phi) is 6.86. The average molecular weight is 519 g/mol. The largest absolute Gasteiger partial charge is 0.381 e. The van der Waals surface area contributed by atoms with Crippen LogP contribution in [-0.4, -0.2) is 92.2 Å². The molecule has 1 atom stereocenters. The minimum atomic E-state index is -0.225. The highest BCUT2D eigenvalue weighted by Gasteiger charge is 2.39. The van der Waals surface area contributed by atoms with Gasteiger partial charge in [-0.25, -0.2) is 4.98 Å². The molecule has 0 saturated carbocycles. The number of carbonyl (C=O) groups is 1. The number of carbonyl (C=O) groups excluding carboxylic acids is 1. The Labute approximate surface area is 222 Å². The van der Waals surface area contributed by atoms with Crippen LogP contribution in [0, 0.1) is 0 Å². The smallest absolute Gasteiger partial charge is 0.251 e. The molecule has 3 aliphatic heterocycles. The molecule has 3 aromatic rings. The van der Waals surface area contributed by atoms with E-state index >= 15 is 0 Å². The molecule has 3 saturated heterocycles. The van der Waals surface area contributed by atoms with Gasteiger partial charge in [0.15, 0.2) is 5.65 Å². The molecule has 0 radical (unpaired) electrons. The van der Waals surface area contributed by atoms with Gasteiger partial charge < -0.3 is 29.3 Å². The van der Waals surface area contributed by atoms with Crippen LogP contribution in [0.4, 0.5) is 11.8 Å². The summed E-state index contributed by atoms with van der Waals surface area (Å²) in [7, 11) is 1.63. The van der Waals surface area contributed by atoms with Crippen molar-refractivity contribution >= 4 is 28.7 Å². The van der Waals surface area contributed by atoms with Crippen LogP contribution in [0.3, 0.4) is 0 Å². The highest BCUT2D eigenvalue weighted by molar-refractivity contribution is 5.95. The molecular weight excluding hydrogens is 484 g/mol. The van der Waals surface area contributed by atoms with Gasteiger partial charge in [-0.1, -0.05) is 12.1 Å². The molecular formula is C28H34N6O4. The lowest BCUT2D eigenvalue weighted by Crippen LogP contribution is -2.55. The predicted molar refractivity (Wildman–Crippen MR) is 145 cm³/mol. The average Bonchev–Trinajstić information content (AvgIpc) is 2.96. The van der Waals surface area contributed by atoms with E-state index in [1.807, 2.05) is 30.3 Å². The topological polar surface area (TPSA) is 102 Å². The summed E-state index contributed by atoms with van der Waals surface area (Å²) in [6, 6.07) is 11.7. The lowest BCUT2D eigenvalue weighted by molar-refractivity contribution is -0.116.